The zero-order valence-corrected chi connectivity index (χ0v) is 24.5. The highest BCUT2D eigenvalue weighted by atomic mass is 32.1. The summed E-state index contributed by atoms with van der Waals surface area (Å²) in [5, 5.41) is 4.17. The first-order chi connectivity index (χ1) is 21.7. The van der Waals surface area contributed by atoms with E-state index < -0.39 is 23.6 Å². The molecule has 1 fully saturated rings. The van der Waals surface area contributed by atoms with Gasteiger partial charge in [-0.05, 0) is 49.2 Å². The number of hydrogen-bond donors (Lipinski definition) is 1. The molecule has 3 aromatic carbocycles. The fraction of sp³-hybridized carbons (Fsp3) is 0.226. The molecule has 6 rings (SSSR count). The molecule has 5 aromatic rings. The fourth-order valence-electron chi connectivity index (χ4n) is 4.53. The van der Waals surface area contributed by atoms with Crippen LogP contribution >= 0.6 is 11.3 Å². The van der Waals surface area contributed by atoms with Gasteiger partial charge in [0.15, 0.2) is 5.82 Å². The van der Waals surface area contributed by atoms with Crippen molar-refractivity contribution in [2.75, 3.05) is 7.11 Å². The number of para-hydroxylation sites is 1. The topological polar surface area (TPSA) is 120 Å². The van der Waals surface area contributed by atoms with E-state index in [4.69, 9.17) is 19.2 Å². The Morgan fingerprint density at radius 3 is 2.47 bits per heavy atom. The molecule has 1 aliphatic carbocycles. The number of H-pyrrole nitrogens is 1. The maximum Gasteiger partial charge on any atom is 0.439 e. The summed E-state index contributed by atoms with van der Waals surface area (Å²) >= 11 is 1.26. The highest BCUT2D eigenvalue weighted by Crippen LogP contribution is 2.37. The lowest BCUT2D eigenvalue weighted by Gasteiger charge is -2.21. The number of thiazole rings is 1. The van der Waals surface area contributed by atoms with E-state index in [2.05, 4.69) is 14.7 Å². The Labute approximate surface area is 258 Å². The first-order valence-corrected chi connectivity index (χ1v) is 14.6. The largest absolute Gasteiger partial charge is 0.496 e. The third-order valence-corrected chi connectivity index (χ3v) is 8.09. The van der Waals surface area contributed by atoms with E-state index in [1.165, 1.54) is 30.6 Å². The van der Waals surface area contributed by atoms with Crippen LogP contribution in [0.2, 0.25) is 0 Å². The van der Waals surface area contributed by atoms with Gasteiger partial charge in [-0.25, -0.2) is 14.6 Å². The van der Waals surface area contributed by atoms with Crippen LogP contribution in [0.1, 0.15) is 29.0 Å². The second kappa shape index (κ2) is 12.5. The third-order valence-electron chi connectivity index (χ3n) is 6.97. The van der Waals surface area contributed by atoms with Gasteiger partial charge in [0.05, 0.1) is 35.4 Å². The second-order valence-corrected chi connectivity index (χ2v) is 11.2. The van der Waals surface area contributed by atoms with Crippen LogP contribution in [0.25, 0.3) is 22.0 Å². The van der Waals surface area contributed by atoms with E-state index in [1.54, 1.807) is 47.4 Å². The molecule has 0 aliphatic heterocycles. The molecule has 2 aromatic heterocycles. The number of aromatic nitrogens is 3. The second-order valence-electron chi connectivity index (χ2n) is 10.1. The lowest BCUT2D eigenvalue weighted by atomic mass is 10.1. The van der Waals surface area contributed by atoms with Gasteiger partial charge in [0.1, 0.15) is 28.9 Å². The van der Waals surface area contributed by atoms with Crippen LogP contribution in [-0.4, -0.2) is 39.3 Å². The Kier molecular flexibility index (Phi) is 8.30. The SMILES string of the molecule is COc1cc(OCc2sc(-c3ccc(C(F)(F)F)cc3)nc2CN(C(=O)Oc2ccccc2)C2CC2)ccc1-c1noc(=O)[nH]1. The molecule has 45 heavy (non-hydrogen) atoms. The number of nitrogens with one attached hydrogen (secondary N) is 1. The summed E-state index contributed by atoms with van der Waals surface area (Å²) < 4.78 is 61.3. The molecule has 0 atom stereocenters. The molecule has 14 heteroatoms. The van der Waals surface area contributed by atoms with Gasteiger partial charge < -0.3 is 14.2 Å². The van der Waals surface area contributed by atoms with Crippen molar-refractivity contribution in [3.63, 3.8) is 0 Å². The maximum absolute atomic E-state index is 13.2. The molecule has 10 nitrogen and oxygen atoms in total. The molecule has 1 saturated carbocycles. The monoisotopic (exact) mass is 638 g/mol. The van der Waals surface area contributed by atoms with Crippen molar-refractivity contribution in [3.05, 3.63) is 99.5 Å². The average Bonchev–Trinajstić information content (AvgIpc) is 3.65. The van der Waals surface area contributed by atoms with E-state index in [9.17, 15) is 22.8 Å². The minimum atomic E-state index is -4.46. The lowest BCUT2D eigenvalue weighted by Crippen LogP contribution is -2.35. The van der Waals surface area contributed by atoms with Gasteiger partial charge in [-0.3, -0.25) is 14.4 Å². The van der Waals surface area contributed by atoms with Gasteiger partial charge >= 0.3 is 18.0 Å². The first-order valence-electron chi connectivity index (χ1n) is 13.7. The third kappa shape index (κ3) is 7.01. The van der Waals surface area contributed by atoms with Crippen molar-refractivity contribution in [1.82, 2.24) is 20.0 Å². The molecule has 1 amide bonds. The van der Waals surface area contributed by atoms with Crippen molar-refractivity contribution in [2.24, 2.45) is 0 Å². The van der Waals surface area contributed by atoms with Crippen LogP contribution in [0.5, 0.6) is 17.2 Å². The molecule has 1 aliphatic rings. The Bertz CT molecular complexity index is 1850. The van der Waals surface area contributed by atoms with Crippen molar-refractivity contribution in [2.45, 2.75) is 38.2 Å². The quantitative estimate of drug-likeness (QED) is 0.175. The number of ether oxygens (including phenoxy) is 3. The molecular weight excluding hydrogens is 613 g/mol. The van der Waals surface area contributed by atoms with E-state index in [0.29, 0.717) is 44.0 Å². The van der Waals surface area contributed by atoms with E-state index in [-0.39, 0.29) is 25.0 Å². The van der Waals surface area contributed by atoms with E-state index >= 15 is 0 Å². The minimum Gasteiger partial charge on any atom is -0.496 e. The van der Waals surface area contributed by atoms with Gasteiger partial charge in [-0.15, -0.1) is 11.3 Å². The number of carbonyl (C=O) groups excluding carboxylic acids is 1. The number of benzene rings is 3. The average molecular weight is 639 g/mol. The number of amides is 1. The van der Waals surface area contributed by atoms with E-state index in [1.807, 2.05) is 6.07 Å². The number of aromatic amines is 1. The van der Waals surface area contributed by atoms with Crippen LogP contribution in [-0.2, 0) is 19.3 Å². The van der Waals surface area contributed by atoms with Gasteiger partial charge in [-0.1, -0.05) is 35.5 Å². The molecule has 1 N–H and O–H groups in total. The van der Waals surface area contributed by atoms with Crippen LogP contribution in [0, 0.1) is 0 Å². The normalized spacial score (nSPS) is 13.0. The summed E-state index contributed by atoms with van der Waals surface area (Å²) in [7, 11) is 1.46. The first kappa shape index (κ1) is 29.9. The van der Waals surface area contributed by atoms with Crippen molar-refractivity contribution in [1.29, 1.82) is 0 Å². The van der Waals surface area contributed by atoms with Crippen molar-refractivity contribution in [3.8, 4) is 39.2 Å². The summed E-state index contributed by atoms with van der Waals surface area (Å²) in [5.41, 5.74) is 0.756. The van der Waals surface area contributed by atoms with E-state index in [0.717, 1.165) is 25.0 Å². The molecule has 2 heterocycles. The predicted octanol–water partition coefficient (Wildman–Crippen LogP) is 6.92. The van der Waals surface area contributed by atoms with Crippen LogP contribution in [0.3, 0.4) is 0 Å². The zero-order valence-electron chi connectivity index (χ0n) is 23.7. The highest BCUT2D eigenvalue weighted by Gasteiger charge is 2.35. The highest BCUT2D eigenvalue weighted by molar-refractivity contribution is 7.15. The molecule has 0 spiro atoms. The minimum absolute atomic E-state index is 0.0222. The standard InChI is InChI=1S/C31H25F3N4O6S/c1-41-25-15-22(13-14-23(25)27-36-29(39)44-37-27)42-17-26-24(35-28(45-26)18-7-9-19(10-8-18)31(32,33)34)16-38(20-11-12-20)30(40)43-21-5-3-2-4-6-21/h2-10,13-15,20H,11-12,16-17H2,1H3,(H,36,37,39). The molecule has 232 valence electrons. The Morgan fingerprint density at radius 1 is 1.07 bits per heavy atom. The molecule has 0 saturated heterocycles. The summed E-state index contributed by atoms with van der Waals surface area (Å²) in [6.45, 7) is 0.164. The number of rotatable bonds is 10. The molecule has 0 bridgehead atoms. The summed E-state index contributed by atoms with van der Waals surface area (Å²) in [6.07, 6.45) is -3.36. The van der Waals surface area contributed by atoms with Gasteiger partial charge in [0, 0.05) is 17.7 Å². The zero-order chi connectivity index (χ0) is 31.6. The molecule has 0 radical (unpaired) electrons. The maximum atomic E-state index is 13.2. The summed E-state index contributed by atoms with van der Waals surface area (Å²) in [5.74, 6) is 0.696. The van der Waals surface area contributed by atoms with Gasteiger partial charge in [0.2, 0.25) is 0 Å². The lowest BCUT2D eigenvalue weighted by molar-refractivity contribution is -0.137. The number of hydrogen-bond acceptors (Lipinski definition) is 9. The Hall–Kier alpha value is -5.11. The number of halogens is 3. The number of nitrogens with zero attached hydrogens (tertiary/aromatic N) is 3. The van der Waals surface area contributed by atoms with Crippen molar-refractivity contribution < 1.29 is 36.7 Å². The van der Waals surface area contributed by atoms with Crippen LogP contribution in [0.15, 0.2) is 82.1 Å². The van der Waals surface area contributed by atoms with Crippen LogP contribution in [0.4, 0.5) is 18.0 Å². The Balaban J connectivity index is 1.27. The smallest absolute Gasteiger partial charge is 0.439 e. The molecule has 0 unspecified atom stereocenters. The number of methoxy groups -OCH3 is 1. The van der Waals surface area contributed by atoms with Crippen molar-refractivity contribution >= 4 is 17.4 Å². The van der Waals surface area contributed by atoms with Crippen LogP contribution < -0.4 is 20.0 Å². The van der Waals surface area contributed by atoms with Gasteiger partial charge in [-0.2, -0.15) is 13.2 Å². The number of carbonyl (C=O) groups is 1. The molecular formula is C31H25F3N4O6S. The predicted molar refractivity (Wildman–Crippen MR) is 157 cm³/mol. The summed E-state index contributed by atoms with van der Waals surface area (Å²) in [6, 6.07) is 18.4. The number of alkyl halides is 3. The van der Waals surface area contributed by atoms with Gasteiger partial charge in [0.25, 0.3) is 0 Å². The summed E-state index contributed by atoms with van der Waals surface area (Å²) in [4.78, 5) is 34.1. The Morgan fingerprint density at radius 2 is 1.82 bits per heavy atom. The fourth-order valence-corrected chi connectivity index (χ4v) is 5.52.